The van der Waals surface area contributed by atoms with Crippen molar-refractivity contribution in [2.75, 3.05) is 10.6 Å². The van der Waals surface area contributed by atoms with Gasteiger partial charge >= 0.3 is 0 Å². The standard InChI is InChI=1S/C16H12N6/c17-10-12-6-8-14(9-7-12)19-15-11-18-22-16(21-15)20-13-4-2-1-3-5-13/h1-9,11H,(H2,19,20,21,22). The Balaban J connectivity index is 1.74. The van der Waals surface area contributed by atoms with Crippen LogP contribution in [0.1, 0.15) is 5.56 Å². The molecule has 0 aliphatic rings. The molecule has 0 bridgehead atoms. The van der Waals surface area contributed by atoms with Crippen LogP contribution in [-0.2, 0) is 0 Å². The van der Waals surface area contributed by atoms with Crippen LogP contribution in [0.2, 0.25) is 0 Å². The van der Waals surface area contributed by atoms with Crippen LogP contribution in [0.3, 0.4) is 0 Å². The summed E-state index contributed by atoms with van der Waals surface area (Å²) in [6.45, 7) is 0. The van der Waals surface area contributed by atoms with Gasteiger partial charge in [-0.1, -0.05) is 18.2 Å². The molecule has 2 aromatic carbocycles. The number of aromatic nitrogens is 3. The average Bonchev–Trinajstić information content (AvgIpc) is 2.57. The minimum atomic E-state index is 0.407. The predicted octanol–water partition coefficient (Wildman–Crippen LogP) is 3.23. The summed E-state index contributed by atoms with van der Waals surface area (Å²) in [5.41, 5.74) is 2.32. The van der Waals surface area contributed by atoms with Gasteiger partial charge in [0.1, 0.15) is 0 Å². The smallest absolute Gasteiger partial charge is 0.249 e. The van der Waals surface area contributed by atoms with Crippen molar-refractivity contribution in [3.8, 4) is 6.07 Å². The molecule has 0 unspecified atom stereocenters. The molecule has 2 N–H and O–H groups in total. The molecule has 6 nitrogen and oxygen atoms in total. The minimum Gasteiger partial charge on any atom is -0.339 e. The zero-order valence-electron chi connectivity index (χ0n) is 11.6. The highest BCUT2D eigenvalue weighted by atomic mass is 15.3. The Hall–Kier alpha value is -3.46. The molecule has 0 fully saturated rings. The summed E-state index contributed by atoms with van der Waals surface area (Å²) in [6, 6.07) is 18.8. The van der Waals surface area contributed by atoms with Gasteiger partial charge in [-0.05, 0) is 36.4 Å². The van der Waals surface area contributed by atoms with Crippen molar-refractivity contribution in [1.29, 1.82) is 5.26 Å². The molecule has 106 valence electrons. The van der Waals surface area contributed by atoms with E-state index in [1.165, 1.54) is 6.20 Å². The fourth-order valence-electron chi connectivity index (χ4n) is 1.84. The van der Waals surface area contributed by atoms with E-state index in [4.69, 9.17) is 5.26 Å². The van der Waals surface area contributed by atoms with Crippen LogP contribution >= 0.6 is 0 Å². The molecule has 0 radical (unpaired) electrons. The van der Waals surface area contributed by atoms with Crippen LogP contribution in [0.15, 0.2) is 60.8 Å². The maximum Gasteiger partial charge on any atom is 0.249 e. The van der Waals surface area contributed by atoms with E-state index >= 15 is 0 Å². The number of hydrogen-bond acceptors (Lipinski definition) is 6. The van der Waals surface area contributed by atoms with E-state index in [-0.39, 0.29) is 0 Å². The number of nitrogens with one attached hydrogen (secondary N) is 2. The maximum atomic E-state index is 8.79. The van der Waals surface area contributed by atoms with Gasteiger partial charge in [0.05, 0.1) is 17.8 Å². The van der Waals surface area contributed by atoms with Crippen molar-refractivity contribution in [2.45, 2.75) is 0 Å². The van der Waals surface area contributed by atoms with E-state index in [2.05, 4.69) is 31.9 Å². The first-order valence-electron chi connectivity index (χ1n) is 6.62. The number of hydrogen-bond donors (Lipinski definition) is 2. The summed E-state index contributed by atoms with van der Waals surface area (Å²) in [6.07, 6.45) is 1.54. The average molecular weight is 288 g/mol. The number of benzene rings is 2. The van der Waals surface area contributed by atoms with Gasteiger partial charge in [0, 0.05) is 11.4 Å². The molecule has 22 heavy (non-hydrogen) atoms. The topological polar surface area (TPSA) is 86.5 Å². The molecule has 0 saturated carbocycles. The molecule has 0 aliphatic heterocycles. The van der Waals surface area contributed by atoms with Crippen molar-refractivity contribution >= 4 is 23.1 Å². The van der Waals surface area contributed by atoms with E-state index in [1.54, 1.807) is 12.1 Å². The monoisotopic (exact) mass is 288 g/mol. The van der Waals surface area contributed by atoms with E-state index in [0.29, 0.717) is 17.3 Å². The second-order valence-corrected chi connectivity index (χ2v) is 4.47. The largest absolute Gasteiger partial charge is 0.339 e. The van der Waals surface area contributed by atoms with Gasteiger partial charge in [-0.25, -0.2) is 0 Å². The van der Waals surface area contributed by atoms with E-state index in [0.717, 1.165) is 11.4 Å². The van der Waals surface area contributed by atoms with Crippen LogP contribution in [0, 0.1) is 11.3 Å². The molecule has 1 heterocycles. The fraction of sp³-hybridized carbons (Fsp3) is 0. The summed E-state index contributed by atoms with van der Waals surface area (Å²) >= 11 is 0. The summed E-state index contributed by atoms with van der Waals surface area (Å²) in [4.78, 5) is 4.35. The van der Waals surface area contributed by atoms with Gasteiger partial charge in [0.2, 0.25) is 5.95 Å². The fourth-order valence-corrected chi connectivity index (χ4v) is 1.84. The molecule has 3 aromatic rings. The van der Waals surface area contributed by atoms with E-state index < -0.39 is 0 Å². The summed E-state index contributed by atoms with van der Waals surface area (Å²) < 4.78 is 0. The number of rotatable bonds is 4. The van der Waals surface area contributed by atoms with Gasteiger partial charge in [-0.2, -0.15) is 15.3 Å². The summed E-state index contributed by atoms with van der Waals surface area (Å²) in [5, 5.41) is 22.9. The molecule has 1 aromatic heterocycles. The zero-order valence-corrected chi connectivity index (χ0v) is 11.6. The highest BCUT2D eigenvalue weighted by Gasteiger charge is 2.02. The molecule has 0 aliphatic carbocycles. The van der Waals surface area contributed by atoms with Crippen molar-refractivity contribution in [3.63, 3.8) is 0 Å². The van der Waals surface area contributed by atoms with Crippen molar-refractivity contribution < 1.29 is 0 Å². The minimum absolute atomic E-state index is 0.407. The van der Waals surface area contributed by atoms with E-state index in [9.17, 15) is 0 Å². The first-order valence-corrected chi connectivity index (χ1v) is 6.62. The van der Waals surface area contributed by atoms with Gasteiger partial charge in [-0.15, -0.1) is 5.10 Å². The van der Waals surface area contributed by atoms with Crippen molar-refractivity contribution in [1.82, 2.24) is 15.2 Å². The second-order valence-electron chi connectivity index (χ2n) is 4.47. The first kappa shape index (κ1) is 13.5. The van der Waals surface area contributed by atoms with E-state index in [1.807, 2.05) is 42.5 Å². The summed E-state index contributed by atoms with van der Waals surface area (Å²) in [5.74, 6) is 0.975. The van der Waals surface area contributed by atoms with Gasteiger partial charge < -0.3 is 10.6 Å². The van der Waals surface area contributed by atoms with Crippen LogP contribution < -0.4 is 10.6 Å². The predicted molar refractivity (Wildman–Crippen MR) is 84.0 cm³/mol. The molecular formula is C16H12N6. The van der Waals surface area contributed by atoms with Crippen LogP contribution in [0.4, 0.5) is 23.1 Å². The lowest BCUT2D eigenvalue weighted by atomic mass is 10.2. The third-order valence-electron chi connectivity index (χ3n) is 2.88. The lowest BCUT2D eigenvalue weighted by molar-refractivity contribution is 0.982. The number of anilines is 4. The Morgan fingerprint density at radius 1 is 0.864 bits per heavy atom. The first-order chi connectivity index (χ1) is 10.8. The Bertz CT molecular complexity index is 793. The molecular weight excluding hydrogens is 276 g/mol. The Labute approximate surface area is 127 Å². The lowest BCUT2D eigenvalue weighted by Gasteiger charge is -2.07. The van der Waals surface area contributed by atoms with Crippen molar-refractivity contribution in [3.05, 3.63) is 66.4 Å². The van der Waals surface area contributed by atoms with Crippen LogP contribution in [0.25, 0.3) is 0 Å². The molecule has 6 heteroatoms. The Morgan fingerprint density at radius 2 is 1.59 bits per heavy atom. The van der Waals surface area contributed by atoms with Crippen LogP contribution in [0.5, 0.6) is 0 Å². The van der Waals surface area contributed by atoms with Gasteiger partial charge in [0.15, 0.2) is 5.82 Å². The Morgan fingerprint density at radius 3 is 2.32 bits per heavy atom. The molecule has 0 atom stereocenters. The zero-order chi connectivity index (χ0) is 15.2. The molecule has 0 spiro atoms. The van der Waals surface area contributed by atoms with Gasteiger partial charge in [0.25, 0.3) is 0 Å². The third-order valence-corrected chi connectivity index (χ3v) is 2.88. The maximum absolute atomic E-state index is 8.79. The third kappa shape index (κ3) is 3.35. The highest BCUT2D eigenvalue weighted by molar-refractivity contribution is 5.59. The lowest BCUT2D eigenvalue weighted by Crippen LogP contribution is -2.02. The molecule has 0 saturated heterocycles. The SMILES string of the molecule is N#Cc1ccc(Nc2cnnc(Nc3ccccc3)n2)cc1. The van der Waals surface area contributed by atoms with Crippen molar-refractivity contribution in [2.24, 2.45) is 0 Å². The number of nitriles is 1. The highest BCUT2D eigenvalue weighted by Crippen LogP contribution is 2.16. The van der Waals surface area contributed by atoms with Gasteiger partial charge in [-0.3, -0.25) is 0 Å². The Kier molecular flexibility index (Phi) is 3.89. The second kappa shape index (κ2) is 6.33. The summed E-state index contributed by atoms with van der Waals surface area (Å²) in [7, 11) is 0. The number of para-hydroxylation sites is 1. The molecule has 3 rings (SSSR count). The quantitative estimate of drug-likeness (QED) is 0.766. The normalized spacial score (nSPS) is 9.77. The van der Waals surface area contributed by atoms with Crippen LogP contribution in [-0.4, -0.2) is 15.2 Å². The molecule has 0 amide bonds. The number of nitrogens with zero attached hydrogens (tertiary/aromatic N) is 4.